The van der Waals surface area contributed by atoms with Gasteiger partial charge in [-0.25, -0.2) is 0 Å². The highest BCUT2D eigenvalue weighted by molar-refractivity contribution is 6.02. The molecule has 1 aromatic heterocycles. The minimum Gasteiger partial charge on any atom is -0.339 e. The molecule has 0 atom stereocenters. The Bertz CT molecular complexity index is 973. The van der Waals surface area contributed by atoms with Crippen molar-refractivity contribution < 1.29 is 4.79 Å². The Morgan fingerprint density at radius 1 is 0.923 bits per heavy atom. The minimum absolute atomic E-state index is 0.230. The molecule has 6 heteroatoms. The molecule has 0 aliphatic heterocycles. The largest absolute Gasteiger partial charge is 0.339 e. The van der Waals surface area contributed by atoms with Gasteiger partial charge in [0, 0.05) is 11.4 Å². The van der Waals surface area contributed by atoms with E-state index >= 15 is 0 Å². The number of carbonyl (C=O) groups excluding carboxylic acids is 1. The second kappa shape index (κ2) is 7.45. The van der Waals surface area contributed by atoms with Crippen molar-refractivity contribution in [2.24, 2.45) is 0 Å². The van der Waals surface area contributed by atoms with Crippen molar-refractivity contribution >= 4 is 23.1 Å². The predicted octanol–water partition coefficient (Wildman–Crippen LogP) is 3.96. The molecule has 0 fully saturated rings. The Morgan fingerprint density at radius 2 is 1.65 bits per heavy atom. The van der Waals surface area contributed by atoms with Crippen LogP contribution in [0.5, 0.6) is 0 Å². The molecule has 128 valence electrons. The van der Waals surface area contributed by atoms with Gasteiger partial charge in [-0.2, -0.15) is 5.26 Å². The third kappa shape index (κ3) is 4.02. The van der Waals surface area contributed by atoms with Crippen LogP contribution >= 0.6 is 0 Å². The van der Waals surface area contributed by atoms with Crippen LogP contribution in [0.2, 0.25) is 0 Å². The normalized spacial score (nSPS) is 10.0. The molecule has 1 amide bonds. The lowest BCUT2D eigenvalue weighted by atomic mass is 10.1. The van der Waals surface area contributed by atoms with Gasteiger partial charge in [0.1, 0.15) is 0 Å². The molecule has 26 heavy (non-hydrogen) atoms. The number of amides is 1. The van der Waals surface area contributed by atoms with Crippen molar-refractivity contribution in [1.29, 1.82) is 5.26 Å². The van der Waals surface area contributed by atoms with E-state index in [1.54, 1.807) is 36.4 Å². The topological polar surface area (TPSA) is 90.7 Å². The zero-order valence-corrected chi connectivity index (χ0v) is 14.4. The van der Waals surface area contributed by atoms with Gasteiger partial charge in [-0.15, -0.1) is 10.2 Å². The number of rotatable bonds is 4. The van der Waals surface area contributed by atoms with E-state index in [1.165, 1.54) is 5.56 Å². The monoisotopic (exact) mass is 343 g/mol. The summed E-state index contributed by atoms with van der Waals surface area (Å²) in [6, 6.07) is 18.1. The van der Waals surface area contributed by atoms with Crippen LogP contribution in [0.3, 0.4) is 0 Å². The summed E-state index contributed by atoms with van der Waals surface area (Å²) in [4.78, 5) is 12.3. The van der Waals surface area contributed by atoms with E-state index in [9.17, 15) is 4.79 Å². The van der Waals surface area contributed by atoms with E-state index in [2.05, 4.69) is 26.9 Å². The molecular weight excluding hydrogens is 326 g/mol. The number of nitrogens with zero attached hydrogens (tertiary/aromatic N) is 3. The van der Waals surface area contributed by atoms with Gasteiger partial charge in [-0.05, 0) is 73.5 Å². The lowest BCUT2D eigenvalue weighted by molar-refractivity contribution is 0.102. The highest BCUT2D eigenvalue weighted by atomic mass is 16.1. The fourth-order valence-corrected chi connectivity index (χ4v) is 2.31. The zero-order chi connectivity index (χ0) is 18.5. The molecular formula is C20H17N5O. The molecule has 0 bridgehead atoms. The predicted molar refractivity (Wildman–Crippen MR) is 100 cm³/mol. The number of nitrogens with one attached hydrogen (secondary N) is 2. The first-order chi connectivity index (χ1) is 12.5. The molecule has 0 aliphatic carbocycles. The van der Waals surface area contributed by atoms with Gasteiger partial charge < -0.3 is 10.6 Å². The standard InChI is InChI=1S/C20H17N5O/c1-13-3-6-17(11-14(13)2)23-20(26)18-9-10-19(25-24-18)22-16-7-4-15(12-21)5-8-16/h3-11H,1-2H3,(H,22,25)(H,23,26). The Morgan fingerprint density at radius 3 is 2.27 bits per heavy atom. The first-order valence-corrected chi connectivity index (χ1v) is 8.05. The van der Waals surface area contributed by atoms with Crippen LogP contribution < -0.4 is 10.6 Å². The molecule has 0 spiro atoms. The molecule has 2 aromatic carbocycles. The maximum absolute atomic E-state index is 12.3. The zero-order valence-electron chi connectivity index (χ0n) is 14.4. The van der Waals surface area contributed by atoms with Gasteiger partial charge in [-0.1, -0.05) is 6.07 Å². The summed E-state index contributed by atoms with van der Waals surface area (Å²) in [5, 5.41) is 22.7. The Kier molecular flexibility index (Phi) is 4.90. The SMILES string of the molecule is Cc1ccc(NC(=O)c2ccc(Nc3ccc(C#N)cc3)nn2)cc1C. The van der Waals surface area contributed by atoms with Gasteiger partial charge in [0.15, 0.2) is 11.5 Å². The first-order valence-electron chi connectivity index (χ1n) is 8.05. The van der Waals surface area contributed by atoms with Crippen LogP contribution in [0, 0.1) is 25.2 Å². The number of aromatic nitrogens is 2. The summed E-state index contributed by atoms with van der Waals surface area (Å²) in [6.45, 7) is 4.01. The summed E-state index contributed by atoms with van der Waals surface area (Å²) < 4.78 is 0. The van der Waals surface area contributed by atoms with Crippen LogP contribution in [0.15, 0.2) is 54.6 Å². The summed E-state index contributed by atoms with van der Waals surface area (Å²) in [7, 11) is 0. The molecule has 0 radical (unpaired) electrons. The van der Waals surface area contributed by atoms with E-state index in [-0.39, 0.29) is 11.6 Å². The average molecular weight is 343 g/mol. The van der Waals surface area contributed by atoms with Crippen molar-refractivity contribution in [3.63, 3.8) is 0 Å². The van der Waals surface area contributed by atoms with Crippen LogP contribution in [-0.4, -0.2) is 16.1 Å². The molecule has 0 saturated heterocycles. The van der Waals surface area contributed by atoms with Crippen LogP contribution in [0.25, 0.3) is 0 Å². The van der Waals surface area contributed by atoms with Crippen molar-refractivity contribution in [2.75, 3.05) is 10.6 Å². The smallest absolute Gasteiger partial charge is 0.276 e. The van der Waals surface area contributed by atoms with Crippen molar-refractivity contribution in [2.45, 2.75) is 13.8 Å². The number of hydrogen-bond acceptors (Lipinski definition) is 5. The lowest BCUT2D eigenvalue weighted by Gasteiger charge is -2.08. The van der Waals surface area contributed by atoms with E-state index in [4.69, 9.17) is 5.26 Å². The third-order valence-corrected chi connectivity index (χ3v) is 3.95. The average Bonchev–Trinajstić information content (AvgIpc) is 2.66. The number of hydrogen-bond donors (Lipinski definition) is 2. The minimum atomic E-state index is -0.314. The van der Waals surface area contributed by atoms with Crippen molar-refractivity contribution in [3.8, 4) is 6.07 Å². The van der Waals surface area contributed by atoms with Crippen LogP contribution in [-0.2, 0) is 0 Å². The molecule has 0 aliphatic rings. The fourth-order valence-electron chi connectivity index (χ4n) is 2.31. The molecule has 1 heterocycles. The number of carbonyl (C=O) groups is 1. The summed E-state index contributed by atoms with van der Waals surface area (Å²) in [5.41, 5.74) is 4.59. The number of benzene rings is 2. The molecule has 3 rings (SSSR count). The highest BCUT2D eigenvalue weighted by Crippen LogP contribution is 2.16. The van der Waals surface area contributed by atoms with Crippen LogP contribution in [0.4, 0.5) is 17.2 Å². The maximum Gasteiger partial charge on any atom is 0.276 e. The van der Waals surface area contributed by atoms with E-state index in [0.717, 1.165) is 16.9 Å². The summed E-state index contributed by atoms with van der Waals surface area (Å²) in [5.74, 6) is 0.197. The van der Waals surface area contributed by atoms with Crippen molar-refractivity contribution in [1.82, 2.24) is 10.2 Å². The number of anilines is 3. The first kappa shape index (κ1) is 17.1. The van der Waals surface area contributed by atoms with Crippen molar-refractivity contribution in [3.05, 3.63) is 77.0 Å². The summed E-state index contributed by atoms with van der Waals surface area (Å²) in [6.07, 6.45) is 0. The van der Waals surface area contributed by atoms with Gasteiger partial charge >= 0.3 is 0 Å². The second-order valence-electron chi connectivity index (χ2n) is 5.87. The van der Waals surface area contributed by atoms with E-state index in [1.807, 2.05) is 32.0 Å². The quantitative estimate of drug-likeness (QED) is 0.748. The fraction of sp³-hybridized carbons (Fsp3) is 0.100. The second-order valence-corrected chi connectivity index (χ2v) is 5.87. The molecule has 3 aromatic rings. The maximum atomic E-state index is 12.3. The highest BCUT2D eigenvalue weighted by Gasteiger charge is 2.09. The molecule has 2 N–H and O–H groups in total. The Labute approximate surface area is 151 Å². The number of nitriles is 1. The molecule has 0 unspecified atom stereocenters. The number of aryl methyl sites for hydroxylation is 2. The molecule has 6 nitrogen and oxygen atoms in total. The van der Waals surface area contributed by atoms with E-state index < -0.39 is 0 Å². The van der Waals surface area contributed by atoms with Gasteiger partial charge in [-0.3, -0.25) is 4.79 Å². The summed E-state index contributed by atoms with van der Waals surface area (Å²) >= 11 is 0. The van der Waals surface area contributed by atoms with Crippen LogP contribution in [0.1, 0.15) is 27.2 Å². The Hall–Kier alpha value is -3.72. The molecule has 0 saturated carbocycles. The van der Waals surface area contributed by atoms with Gasteiger partial charge in [0.2, 0.25) is 0 Å². The lowest BCUT2D eigenvalue weighted by Crippen LogP contribution is -2.14. The van der Waals surface area contributed by atoms with Gasteiger partial charge in [0.05, 0.1) is 11.6 Å². The van der Waals surface area contributed by atoms with E-state index in [0.29, 0.717) is 11.4 Å². The van der Waals surface area contributed by atoms with Gasteiger partial charge in [0.25, 0.3) is 5.91 Å². The third-order valence-electron chi connectivity index (χ3n) is 3.95. The Balaban J connectivity index is 1.67.